The topological polar surface area (TPSA) is 59.8 Å². The highest BCUT2D eigenvalue weighted by molar-refractivity contribution is 6.32. The van der Waals surface area contributed by atoms with Crippen molar-refractivity contribution in [1.82, 2.24) is 5.32 Å². The molecule has 0 unspecified atom stereocenters. The fourth-order valence-corrected chi connectivity index (χ4v) is 1.14. The summed E-state index contributed by atoms with van der Waals surface area (Å²) in [5, 5.41) is 2.43. The van der Waals surface area contributed by atoms with E-state index < -0.39 is 11.9 Å². The van der Waals surface area contributed by atoms with E-state index in [1.54, 1.807) is 31.2 Å². The Morgan fingerprint density at radius 1 is 1.35 bits per heavy atom. The number of carbonyl (C=O) groups excluding carboxylic acids is 2. The highest BCUT2D eigenvalue weighted by atomic mass is 16.5. The van der Waals surface area contributed by atoms with Gasteiger partial charge < -0.3 is 10.1 Å². The monoisotopic (exact) mass is 232 g/mol. The molecule has 0 atom stereocenters. The molecule has 17 heavy (non-hydrogen) atoms. The Morgan fingerprint density at radius 2 is 2.00 bits per heavy atom. The van der Waals surface area contributed by atoms with Crippen LogP contribution >= 0.6 is 0 Å². The number of ether oxygens (including phenoxy) is 1. The summed E-state index contributed by atoms with van der Waals surface area (Å²) in [6.07, 6.45) is 0. The Morgan fingerprint density at radius 3 is 2.53 bits per heavy atom. The molecule has 0 saturated heterocycles. The van der Waals surface area contributed by atoms with Crippen LogP contribution in [-0.4, -0.2) is 18.5 Å². The van der Waals surface area contributed by atoms with Crippen molar-refractivity contribution in [2.75, 3.05) is 6.61 Å². The molecule has 0 aliphatic heterocycles. The fourth-order valence-electron chi connectivity index (χ4n) is 1.14. The number of rotatable bonds is 3. The number of carbonyl (C=O) groups is 2. The minimum atomic E-state index is -0.884. The molecule has 1 rings (SSSR count). The van der Waals surface area contributed by atoms with Crippen molar-refractivity contribution in [1.29, 1.82) is 0 Å². The van der Waals surface area contributed by atoms with Gasteiger partial charge in [0, 0.05) is 6.54 Å². The summed E-state index contributed by atoms with van der Waals surface area (Å²) in [6.45, 7) is 8.82. The van der Waals surface area contributed by atoms with Gasteiger partial charge in [-0.2, -0.15) is 0 Å². The van der Waals surface area contributed by atoms with Gasteiger partial charge in [0.2, 0.25) is 0 Å². The Hall–Kier alpha value is -2.35. The summed E-state index contributed by atoms with van der Waals surface area (Å²) < 4.78 is 4.54. The number of nitrogens with one attached hydrogen (secondary N) is 1. The predicted octanol–water partition coefficient (Wildman–Crippen LogP) is 1.42. The number of esters is 1. The van der Waals surface area contributed by atoms with Gasteiger partial charge in [-0.05, 0) is 12.5 Å². The van der Waals surface area contributed by atoms with Crippen LogP contribution in [0.2, 0.25) is 0 Å². The number of amides is 1. The summed E-state index contributed by atoms with van der Waals surface area (Å²) in [5.41, 5.74) is 1.35. The van der Waals surface area contributed by atoms with Crippen molar-refractivity contribution in [2.24, 2.45) is 0 Å². The molecular formula is C12H12N2O3. The zero-order valence-corrected chi connectivity index (χ0v) is 9.40. The predicted molar refractivity (Wildman–Crippen MR) is 61.2 cm³/mol. The zero-order valence-electron chi connectivity index (χ0n) is 9.40. The van der Waals surface area contributed by atoms with Crippen LogP contribution in [0, 0.1) is 6.57 Å². The molecule has 1 amide bonds. The molecule has 0 fully saturated rings. The molecule has 0 saturated carbocycles. The minimum Gasteiger partial charge on any atom is -0.459 e. The SMILES string of the molecule is [C-]#[N+]c1ccc(CNC(=O)C(=O)OCC)cc1. The average molecular weight is 232 g/mol. The molecule has 0 heterocycles. The van der Waals surface area contributed by atoms with Gasteiger partial charge in [0.05, 0.1) is 13.2 Å². The molecular weight excluding hydrogens is 220 g/mol. The maximum absolute atomic E-state index is 11.2. The van der Waals surface area contributed by atoms with Crippen LogP contribution in [0.5, 0.6) is 0 Å². The van der Waals surface area contributed by atoms with Crippen molar-refractivity contribution in [3.63, 3.8) is 0 Å². The lowest BCUT2D eigenvalue weighted by Crippen LogP contribution is -2.31. The maximum Gasteiger partial charge on any atom is 0.396 e. The van der Waals surface area contributed by atoms with E-state index >= 15 is 0 Å². The van der Waals surface area contributed by atoms with Crippen LogP contribution in [0.15, 0.2) is 24.3 Å². The van der Waals surface area contributed by atoms with Crippen LogP contribution in [0.4, 0.5) is 5.69 Å². The lowest BCUT2D eigenvalue weighted by molar-refractivity contribution is -0.154. The van der Waals surface area contributed by atoms with Crippen LogP contribution < -0.4 is 5.32 Å². The zero-order chi connectivity index (χ0) is 12.7. The van der Waals surface area contributed by atoms with Gasteiger partial charge in [0.15, 0.2) is 5.69 Å². The normalized spacial score (nSPS) is 9.18. The Bertz CT molecular complexity index is 446. The van der Waals surface area contributed by atoms with Crippen molar-refractivity contribution in [3.8, 4) is 0 Å². The quantitative estimate of drug-likeness (QED) is 0.487. The Labute approximate surface area is 99.2 Å². The third kappa shape index (κ3) is 3.95. The van der Waals surface area contributed by atoms with Crippen molar-refractivity contribution in [3.05, 3.63) is 41.2 Å². The standard InChI is InChI=1S/C12H12N2O3/c1-3-17-12(16)11(15)14-8-9-4-6-10(13-2)7-5-9/h4-7H,3,8H2,1H3,(H,14,15). The Kier molecular flexibility index (Phi) is 4.70. The third-order valence-electron chi connectivity index (χ3n) is 1.98. The van der Waals surface area contributed by atoms with Gasteiger partial charge in [-0.3, -0.25) is 4.79 Å². The molecule has 5 heteroatoms. The van der Waals surface area contributed by atoms with Gasteiger partial charge in [0.25, 0.3) is 0 Å². The van der Waals surface area contributed by atoms with Crippen molar-refractivity contribution >= 4 is 17.6 Å². The first-order valence-electron chi connectivity index (χ1n) is 5.08. The third-order valence-corrected chi connectivity index (χ3v) is 1.98. The molecule has 1 aromatic carbocycles. The van der Waals surface area contributed by atoms with Crippen LogP contribution in [-0.2, 0) is 20.9 Å². The molecule has 0 aliphatic carbocycles. The number of nitrogens with zero attached hydrogens (tertiary/aromatic N) is 1. The van der Waals surface area contributed by atoms with E-state index in [2.05, 4.69) is 14.9 Å². The van der Waals surface area contributed by atoms with E-state index in [4.69, 9.17) is 6.57 Å². The lowest BCUT2D eigenvalue weighted by atomic mass is 10.2. The molecule has 0 aromatic heterocycles. The number of hydrogen-bond donors (Lipinski definition) is 1. The Balaban J connectivity index is 2.47. The molecule has 0 bridgehead atoms. The second-order valence-corrected chi connectivity index (χ2v) is 3.18. The van der Waals surface area contributed by atoms with Crippen LogP contribution in [0.25, 0.3) is 4.85 Å². The molecule has 5 nitrogen and oxygen atoms in total. The van der Waals surface area contributed by atoms with Crippen LogP contribution in [0.3, 0.4) is 0 Å². The summed E-state index contributed by atoms with van der Waals surface area (Å²) in [6, 6.07) is 6.75. The molecule has 1 N–H and O–H groups in total. The summed E-state index contributed by atoms with van der Waals surface area (Å²) >= 11 is 0. The van der Waals surface area contributed by atoms with E-state index in [1.165, 1.54) is 0 Å². The number of benzene rings is 1. The van der Waals surface area contributed by atoms with E-state index in [1.807, 2.05) is 0 Å². The highest BCUT2D eigenvalue weighted by Gasteiger charge is 2.13. The molecule has 0 aliphatic rings. The molecule has 0 radical (unpaired) electrons. The largest absolute Gasteiger partial charge is 0.459 e. The molecule has 0 spiro atoms. The van der Waals surface area contributed by atoms with E-state index in [0.29, 0.717) is 5.69 Å². The van der Waals surface area contributed by atoms with E-state index in [-0.39, 0.29) is 13.2 Å². The smallest absolute Gasteiger partial charge is 0.396 e. The number of hydrogen-bond acceptors (Lipinski definition) is 3. The van der Waals surface area contributed by atoms with Crippen molar-refractivity contribution in [2.45, 2.75) is 13.5 Å². The fraction of sp³-hybridized carbons (Fsp3) is 0.250. The van der Waals surface area contributed by atoms with Gasteiger partial charge in [-0.1, -0.05) is 24.3 Å². The molecule has 1 aromatic rings. The highest BCUT2D eigenvalue weighted by Crippen LogP contribution is 2.12. The maximum atomic E-state index is 11.2. The summed E-state index contributed by atoms with van der Waals surface area (Å²) in [4.78, 5) is 25.4. The second-order valence-electron chi connectivity index (χ2n) is 3.18. The second kappa shape index (κ2) is 6.28. The summed E-state index contributed by atoms with van der Waals surface area (Å²) in [5.74, 6) is -1.65. The average Bonchev–Trinajstić information content (AvgIpc) is 2.36. The van der Waals surface area contributed by atoms with Crippen LogP contribution in [0.1, 0.15) is 12.5 Å². The van der Waals surface area contributed by atoms with Gasteiger partial charge in [0.1, 0.15) is 0 Å². The lowest BCUT2D eigenvalue weighted by Gasteiger charge is -2.04. The minimum absolute atomic E-state index is 0.173. The van der Waals surface area contributed by atoms with Gasteiger partial charge >= 0.3 is 11.9 Å². The summed E-state index contributed by atoms with van der Waals surface area (Å²) in [7, 11) is 0. The van der Waals surface area contributed by atoms with Crippen molar-refractivity contribution < 1.29 is 14.3 Å². The van der Waals surface area contributed by atoms with Gasteiger partial charge in [-0.25, -0.2) is 9.64 Å². The van der Waals surface area contributed by atoms with E-state index in [0.717, 1.165) is 5.56 Å². The first kappa shape index (κ1) is 12.7. The van der Waals surface area contributed by atoms with E-state index in [9.17, 15) is 9.59 Å². The first-order chi connectivity index (χ1) is 8.17. The van der Waals surface area contributed by atoms with Gasteiger partial charge in [-0.15, -0.1) is 0 Å². The first-order valence-corrected chi connectivity index (χ1v) is 5.08. The molecule has 88 valence electrons.